The van der Waals surface area contributed by atoms with Gasteiger partial charge in [0.15, 0.2) is 6.10 Å². The van der Waals surface area contributed by atoms with Gasteiger partial charge in [0.1, 0.15) is 5.75 Å². The lowest BCUT2D eigenvalue weighted by Gasteiger charge is -2.16. The van der Waals surface area contributed by atoms with Crippen LogP contribution in [0.5, 0.6) is 5.75 Å². The van der Waals surface area contributed by atoms with Crippen LogP contribution in [0.2, 0.25) is 0 Å². The summed E-state index contributed by atoms with van der Waals surface area (Å²) in [6.07, 6.45) is 1.77. The first-order chi connectivity index (χ1) is 9.15. The standard InChI is InChI=1S/C15H21NO3/c1-11-5-3-6-13(9-11)19-12(2)15(17)16-10-14-7-4-8-18-14/h3,5-6,9,12,14H,4,7-8,10H2,1-2H3,(H,16,17)/t12-,14+/m0/s1. The second-order valence-electron chi connectivity index (χ2n) is 4.96. The molecule has 0 saturated carbocycles. The Morgan fingerprint density at radius 2 is 2.42 bits per heavy atom. The van der Waals surface area contributed by atoms with Crippen molar-refractivity contribution in [2.45, 2.75) is 38.9 Å². The summed E-state index contributed by atoms with van der Waals surface area (Å²) in [4.78, 5) is 11.9. The number of nitrogens with one attached hydrogen (secondary N) is 1. The predicted molar refractivity (Wildman–Crippen MR) is 73.3 cm³/mol. The topological polar surface area (TPSA) is 47.6 Å². The van der Waals surface area contributed by atoms with Crippen LogP contribution in [0.4, 0.5) is 0 Å². The van der Waals surface area contributed by atoms with Crippen LogP contribution in [0.3, 0.4) is 0 Å². The van der Waals surface area contributed by atoms with E-state index in [0.29, 0.717) is 6.54 Å². The summed E-state index contributed by atoms with van der Waals surface area (Å²) in [5, 5.41) is 2.87. The largest absolute Gasteiger partial charge is 0.481 e. The summed E-state index contributed by atoms with van der Waals surface area (Å²) in [6, 6.07) is 7.69. The van der Waals surface area contributed by atoms with Crippen molar-refractivity contribution in [1.82, 2.24) is 5.32 Å². The van der Waals surface area contributed by atoms with Crippen molar-refractivity contribution in [3.63, 3.8) is 0 Å². The van der Waals surface area contributed by atoms with E-state index in [0.717, 1.165) is 30.8 Å². The molecular formula is C15H21NO3. The molecule has 0 bridgehead atoms. The molecule has 1 aliphatic rings. The number of carbonyl (C=O) groups is 1. The van der Waals surface area contributed by atoms with Crippen LogP contribution >= 0.6 is 0 Å². The van der Waals surface area contributed by atoms with Gasteiger partial charge in [-0.2, -0.15) is 0 Å². The minimum absolute atomic E-state index is 0.1000. The molecule has 104 valence electrons. The van der Waals surface area contributed by atoms with Crippen LogP contribution < -0.4 is 10.1 Å². The average Bonchev–Trinajstić information content (AvgIpc) is 2.89. The summed E-state index contributed by atoms with van der Waals surface area (Å²) in [6.45, 7) is 5.12. The van der Waals surface area contributed by atoms with Crippen LogP contribution in [-0.2, 0) is 9.53 Å². The van der Waals surface area contributed by atoms with Crippen molar-refractivity contribution < 1.29 is 14.3 Å². The Balaban J connectivity index is 1.78. The first kappa shape index (κ1) is 13.9. The van der Waals surface area contributed by atoms with Gasteiger partial charge in [-0.05, 0) is 44.4 Å². The number of aryl methyl sites for hydroxylation is 1. The molecule has 19 heavy (non-hydrogen) atoms. The van der Waals surface area contributed by atoms with E-state index in [4.69, 9.17) is 9.47 Å². The van der Waals surface area contributed by atoms with Crippen LogP contribution in [-0.4, -0.2) is 31.3 Å². The Bertz CT molecular complexity index is 427. The number of rotatable bonds is 5. The van der Waals surface area contributed by atoms with Crippen molar-refractivity contribution in [3.8, 4) is 5.75 Å². The van der Waals surface area contributed by atoms with Gasteiger partial charge in [-0.15, -0.1) is 0 Å². The molecule has 1 aromatic rings. The first-order valence-corrected chi connectivity index (χ1v) is 6.78. The second-order valence-corrected chi connectivity index (χ2v) is 4.96. The Labute approximate surface area is 114 Å². The highest BCUT2D eigenvalue weighted by molar-refractivity contribution is 5.80. The molecule has 4 nitrogen and oxygen atoms in total. The molecule has 0 radical (unpaired) electrons. The Kier molecular flexibility index (Phi) is 4.80. The van der Waals surface area contributed by atoms with E-state index < -0.39 is 6.10 Å². The van der Waals surface area contributed by atoms with E-state index in [1.165, 1.54) is 0 Å². The maximum atomic E-state index is 11.9. The minimum Gasteiger partial charge on any atom is -0.481 e. The van der Waals surface area contributed by atoms with Crippen molar-refractivity contribution in [2.24, 2.45) is 0 Å². The molecule has 1 aromatic carbocycles. The quantitative estimate of drug-likeness (QED) is 0.884. The van der Waals surface area contributed by atoms with E-state index in [2.05, 4.69) is 5.32 Å². The van der Waals surface area contributed by atoms with Gasteiger partial charge in [-0.1, -0.05) is 12.1 Å². The van der Waals surface area contributed by atoms with Gasteiger partial charge >= 0.3 is 0 Å². The SMILES string of the molecule is Cc1cccc(O[C@@H](C)C(=O)NC[C@H]2CCCO2)c1. The number of amides is 1. The lowest BCUT2D eigenvalue weighted by molar-refractivity contribution is -0.127. The van der Waals surface area contributed by atoms with E-state index >= 15 is 0 Å². The molecule has 1 N–H and O–H groups in total. The van der Waals surface area contributed by atoms with Gasteiger partial charge in [-0.25, -0.2) is 0 Å². The van der Waals surface area contributed by atoms with Crippen LogP contribution in [0.1, 0.15) is 25.3 Å². The predicted octanol–water partition coefficient (Wildman–Crippen LogP) is 2.06. The molecule has 1 amide bonds. The number of carbonyl (C=O) groups excluding carboxylic acids is 1. The van der Waals surface area contributed by atoms with E-state index in [1.54, 1.807) is 6.92 Å². The van der Waals surface area contributed by atoms with Crippen LogP contribution in [0.15, 0.2) is 24.3 Å². The smallest absolute Gasteiger partial charge is 0.260 e. The first-order valence-electron chi connectivity index (χ1n) is 6.78. The molecule has 0 unspecified atom stereocenters. The van der Waals surface area contributed by atoms with Crippen LogP contribution in [0.25, 0.3) is 0 Å². The molecule has 2 atom stereocenters. The highest BCUT2D eigenvalue weighted by Crippen LogP contribution is 2.14. The van der Waals surface area contributed by atoms with Gasteiger partial charge in [0, 0.05) is 13.2 Å². The molecule has 1 saturated heterocycles. The number of hydrogen-bond donors (Lipinski definition) is 1. The molecule has 0 spiro atoms. The highest BCUT2D eigenvalue weighted by atomic mass is 16.5. The number of hydrogen-bond acceptors (Lipinski definition) is 3. The molecule has 0 aliphatic carbocycles. The van der Waals surface area contributed by atoms with Gasteiger partial charge in [0.05, 0.1) is 6.10 Å². The fraction of sp³-hybridized carbons (Fsp3) is 0.533. The third-order valence-corrected chi connectivity index (χ3v) is 3.20. The van der Waals surface area contributed by atoms with Crippen molar-refractivity contribution in [3.05, 3.63) is 29.8 Å². The normalized spacial score (nSPS) is 20.0. The summed E-state index contributed by atoms with van der Waals surface area (Å²) in [5.41, 5.74) is 1.12. The van der Waals surface area contributed by atoms with Gasteiger partial charge in [0.25, 0.3) is 5.91 Å². The van der Waals surface area contributed by atoms with E-state index in [1.807, 2.05) is 31.2 Å². The highest BCUT2D eigenvalue weighted by Gasteiger charge is 2.19. The van der Waals surface area contributed by atoms with E-state index in [-0.39, 0.29) is 12.0 Å². The van der Waals surface area contributed by atoms with Crippen LogP contribution in [0, 0.1) is 6.92 Å². The summed E-state index contributed by atoms with van der Waals surface area (Å²) in [7, 11) is 0. The summed E-state index contributed by atoms with van der Waals surface area (Å²) < 4.78 is 11.1. The van der Waals surface area contributed by atoms with Gasteiger partial charge in [-0.3, -0.25) is 4.79 Å². The van der Waals surface area contributed by atoms with Crippen molar-refractivity contribution in [2.75, 3.05) is 13.2 Å². The molecule has 2 rings (SSSR count). The monoisotopic (exact) mass is 263 g/mol. The molecule has 1 heterocycles. The number of benzene rings is 1. The Morgan fingerprint density at radius 1 is 1.58 bits per heavy atom. The maximum absolute atomic E-state index is 11.9. The van der Waals surface area contributed by atoms with Gasteiger partial charge < -0.3 is 14.8 Å². The van der Waals surface area contributed by atoms with Crippen molar-refractivity contribution in [1.29, 1.82) is 0 Å². The molecule has 1 aliphatic heterocycles. The molecule has 4 heteroatoms. The zero-order valence-corrected chi connectivity index (χ0v) is 11.5. The zero-order chi connectivity index (χ0) is 13.7. The third-order valence-electron chi connectivity index (χ3n) is 3.20. The molecular weight excluding hydrogens is 242 g/mol. The minimum atomic E-state index is -0.497. The number of ether oxygens (including phenoxy) is 2. The van der Waals surface area contributed by atoms with Crippen molar-refractivity contribution >= 4 is 5.91 Å². The molecule has 0 aromatic heterocycles. The lowest BCUT2D eigenvalue weighted by Crippen LogP contribution is -2.40. The Morgan fingerprint density at radius 3 is 3.11 bits per heavy atom. The third kappa shape index (κ3) is 4.24. The summed E-state index contributed by atoms with van der Waals surface area (Å²) in [5.74, 6) is 0.622. The maximum Gasteiger partial charge on any atom is 0.260 e. The fourth-order valence-electron chi connectivity index (χ4n) is 2.11. The lowest BCUT2D eigenvalue weighted by atomic mass is 10.2. The average molecular weight is 263 g/mol. The Hall–Kier alpha value is -1.55. The van der Waals surface area contributed by atoms with Gasteiger partial charge in [0.2, 0.25) is 0 Å². The molecule has 1 fully saturated rings. The fourth-order valence-corrected chi connectivity index (χ4v) is 2.11. The zero-order valence-electron chi connectivity index (χ0n) is 11.5. The summed E-state index contributed by atoms with van der Waals surface area (Å²) >= 11 is 0. The van der Waals surface area contributed by atoms with E-state index in [9.17, 15) is 4.79 Å². The second kappa shape index (κ2) is 6.57.